The highest BCUT2D eigenvalue weighted by atomic mass is 16.5. The van der Waals surface area contributed by atoms with Crippen LogP contribution in [-0.4, -0.2) is 42.7 Å². The molecule has 1 heterocycles. The van der Waals surface area contributed by atoms with Gasteiger partial charge in [-0.2, -0.15) is 0 Å². The largest absolute Gasteiger partial charge is 0.497 e. The summed E-state index contributed by atoms with van der Waals surface area (Å²) in [5.41, 5.74) is 0.664. The van der Waals surface area contributed by atoms with Crippen molar-refractivity contribution >= 4 is 5.91 Å². The Morgan fingerprint density at radius 2 is 2.06 bits per heavy atom. The SMILES string of the molecule is COc1ccc(C(=O)N2CC(CO)C2)cc1. The first-order chi connectivity index (χ1) is 7.74. The fraction of sp³-hybridized carbons (Fsp3) is 0.417. The van der Waals surface area contributed by atoms with Gasteiger partial charge in [0.05, 0.1) is 7.11 Å². The lowest BCUT2D eigenvalue weighted by Gasteiger charge is -2.38. The van der Waals surface area contributed by atoms with E-state index in [4.69, 9.17) is 9.84 Å². The van der Waals surface area contributed by atoms with Crippen LogP contribution >= 0.6 is 0 Å². The zero-order valence-electron chi connectivity index (χ0n) is 9.22. The molecule has 0 bridgehead atoms. The first-order valence-electron chi connectivity index (χ1n) is 5.28. The molecule has 1 aromatic rings. The van der Waals surface area contributed by atoms with E-state index in [9.17, 15) is 4.79 Å². The fourth-order valence-corrected chi connectivity index (χ4v) is 1.77. The molecule has 4 heteroatoms. The zero-order chi connectivity index (χ0) is 11.5. The first kappa shape index (κ1) is 11.0. The van der Waals surface area contributed by atoms with Gasteiger partial charge in [0, 0.05) is 31.2 Å². The summed E-state index contributed by atoms with van der Waals surface area (Å²) in [5.74, 6) is 1.02. The Kier molecular flexibility index (Phi) is 3.10. The van der Waals surface area contributed by atoms with Crippen molar-refractivity contribution in [2.24, 2.45) is 5.92 Å². The number of aliphatic hydroxyl groups excluding tert-OH is 1. The first-order valence-corrected chi connectivity index (χ1v) is 5.28. The van der Waals surface area contributed by atoms with E-state index in [-0.39, 0.29) is 18.4 Å². The van der Waals surface area contributed by atoms with Crippen LogP contribution in [0.5, 0.6) is 5.75 Å². The smallest absolute Gasteiger partial charge is 0.253 e. The van der Waals surface area contributed by atoms with Gasteiger partial charge in [0.2, 0.25) is 0 Å². The third kappa shape index (κ3) is 2.02. The average molecular weight is 221 g/mol. The number of aliphatic hydroxyl groups is 1. The highest BCUT2D eigenvalue weighted by molar-refractivity contribution is 5.94. The second-order valence-corrected chi connectivity index (χ2v) is 3.99. The van der Waals surface area contributed by atoms with E-state index >= 15 is 0 Å². The van der Waals surface area contributed by atoms with Crippen molar-refractivity contribution in [3.8, 4) is 5.75 Å². The van der Waals surface area contributed by atoms with E-state index in [0.717, 1.165) is 5.75 Å². The molecule has 1 N–H and O–H groups in total. The number of hydrogen-bond acceptors (Lipinski definition) is 3. The quantitative estimate of drug-likeness (QED) is 0.819. The van der Waals surface area contributed by atoms with Crippen molar-refractivity contribution in [3.63, 3.8) is 0 Å². The molecule has 1 aliphatic rings. The average Bonchev–Trinajstić information content (AvgIpc) is 2.27. The summed E-state index contributed by atoms with van der Waals surface area (Å²) < 4.78 is 5.03. The van der Waals surface area contributed by atoms with Crippen molar-refractivity contribution in [2.45, 2.75) is 0 Å². The van der Waals surface area contributed by atoms with Gasteiger partial charge in [0.25, 0.3) is 5.91 Å². The summed E-state index contributed by atoms with van der Waals surface area (Å²) in [7, 11) is 1.60. The zero-order valence-corrected chi connectivity index (χ0v) is 9.22. The Morgan fingerprint density at radius 1 is 1.44 bits per heavy atom. The molecule has 16 heavy (non-hydrogen) atoms. The summed E-state index contributed by atoms with van der Waals surface area (Å²) in [6.07, 6.45) is 0. The second kappa shape index (κ2) is 4.53. The topological polar surface area (TPSA) is 49.8 Å². The molecular weight excluding hydrogens is 206 g/mol. The number of ether oxygens (including phenoxy) is 1. The fourth-order valence-electron chi connectivity index (χ4n) is 1.77. The summed E-state index contributed by atoms with van der Waals surface area (Å²) >= 11 is 0. The molecule has 2 rings (SSSR count). The molecule has 1 aliphatic heterocycles. The van der Waals surface area contributed by atoms with Gasteiger partial charge < -0.3 is 14.7 Å². The van der Waals surface area contributed by atoms with Gasteiger partial charge >= 0.3 is 0 Å². The van der Waals surface area contributed by atoms with Gasteiger partial charge in [-0.3, -0.25) is 4.79 Å². The summed E-state index contributed by atoms with van der Waals surface area (Å²) in [6, 6.07) is 7.06. The maximum Gasteiger partial charge on any atom is 0.253 e. The number of nitrogens with zero attached hydrogens (tertiary/aromatic N) is 1. The second-order valence-electron chi connectivity index (χ2n) is 3.99. The number of carbonyl (C=O) groups excluding carboxylic acids is 1. The highest BCUT2D eigenvalue weighted by Gasteiger charge is 2.30. The van der Waals surface area contributed by atoms with E-state index in [1.165, 1.54) is 0 Å². The molecule has 4 nitrogen and oxygen atoms in total. The van der Waals surface area contributed by atoms with E-state index in [0.29, 0.717) is 18.7 Å². The molecule has 0 spiro atoms. The summed E-state index contributed by atoms with van der Waals surface area (Å²) in [6.45, 7) is 1.47. The molecule has 1 saturated heterocycles. The Balaban J connectivity index is 1.99. The lowest BCUT2D eigenvalue weighted by Crippen LogP contribution is -2.51. The van der Waals surface area contributed by atoms with Gasteiger partial charge in [-0.15, -0.1) is 0 Å². The van der Waals surface area contributed by atoms with Crippen LogP contribution in [0, 0.1) is 5.92 Å². The van der Waals surface area contributed by atoms with Crippen LogP contribution in [0.15, 0.2) is 24.3 Å². The molecule has 1 amide bonds. The molecule has 0 radical (unpaired) electrons. The molecule has 1 aromatic carbocycles. The van der Waals surface area contributed by atoms with Gasteiger partial charge in [-0.1, -0.05) is 0 Å². The predicted octanol–water partition coefficient (Wildman–Crippen LogP) is 0.760. The van der Waals surface area contributed by atoms with E-state index in [2.05, 4.69) is 0 Å². The van der Waals surface area contributed by atoms with Crippen LogP contribution < -0.4 is 4.74 Å². The number of methoxy groups -OCH3 is 1. The van der Waals surface area contributed by atoms with Crippen LogP contribution in [0.1, 0.15) is 10.4 Å². The third-order valence-corrected chi connectivity index (χ3v) is 2.84. The van der Waals surface area contributed by atoms with Crippen LogP contribution in [0.2, 0.25) is 0 Å². The van der Waals surface area contributed by atoms with Gasteiger partial charge in [-0.25, -0.2) is 0 Å². The molecule has 0 atom stereocenters. The summed E-state index contributed by atoms with van der Waals surface area (Å²) in [4.78, 5) is 13.6. The number of amides is 1. The lowest BCUT2D eigenvalue weighted by molar-refractivity contribution is 0.0362. The number of carbonyl (C=O) groups is 1. The van der Waals surface area contributed by atoms with Crippen LogP contribution in [0.25, 0.3) is 0 Å². The lowest BCUT2D eigenvalue weighted by atomic mass is 10.00. The van der Waals surface area contributed by atoms with Gasteiger partial charge in [0.15, 0.2) is 0 Å². The van der Waals surface area contributed by atoms with Crippen LogP contribution in [-0.2, 0) is 0 Å². The maximum atomic E-state index is 11.9. The predicted molar refractivity (Wildman–Crippen MR) is 59.5 cm³/mol. The van der Waals surface area contributed by atoms with Crippen molar-refractivity contribution < 1.29 is 14.6 Å². The number of benzene rings is 1. The molecule has 0 unspecified atom stereocenters. The van der Waals surface area contributed by atoms with Gasteiger partial charge in [0.1, 0.15) is 5.75 Å². The maximum absolute atomic E-state index is 11.9. The van der Waals surface area contributed by atoms with Crippen molar-refractivity contribution in [2.75, 3.05) is 26.8 Å². The van der Waals surface area contributed by atoms with Crippen LogP contribution in [0.4, 0.5) is 0 Å². The minimum Gasteiger partial charge on any atom is -0.497 e. The normalized spacial score (nSPS) is 15.8. The Labute approximate surface area is 94.4 Å². The minimum atomic E-state index is 0.0207. The number of likely N-dealkylation sites (tertiary alicyclic amines) is 1. The molecule has 0 aliphatic carbocycles. The van der Waals surface area contributed by atoms with Crippen LogP contribution in [0.3, 0.4) is 0 Å². The number of rotatable bonds is 3. The van der Waals surface area contributed by atoms with Crippen molar-refractivity contribution in [1.82, 2.24) is 4.90 Å². The van der Waals surface area contributed by atoms with E-state index in [1.807, 2.05) is 0 Å². The van der Waals surface area contributed by atoms with Crippen molar-refractivity contribution in [3.05, 3.63) is 29.8 Å². The van der Waals surface area contributed by atoms with Gasteiger partial charge in [-0.05, 0) is 24.3 Å². The molecular formula is C12H15NO3. The van der Waals surface area contributed by atoms with Crippen molar-refractivity contribution in [1.29, 1.82) is 0 Å². The number of hydrogen-bond donors (Lipinski definition) is 1. The molecule has 0 aromatic heterocycles. The molecule has 86 valence electrons. The summed E-state index contributed by atoms with van der Waals surface area (Å²) in [5, 5.41) is 8.87. The Bertz CT molecular complexity index is 368. The Morgan fingerprint density at radius 3 is 2.56 bits per heavy atom. The third-order valence-electron chi connectivity index (χ3n) is 2.84. The monoisotopic (exact) mass is 221 g/mol. The van der Waals surface area contributed by atoms with E-state index in [1.54, 1.807) is 36.3 Å². The highest BCUT2D eigenvalue weighted by Crippen LogP contribution is 2.19. The van der Waals surface area contributed by atoms with E-state index < -0.39 is 0 Å². The molecule has 0 saturated carbocycles. The minimum absolute atomic E-state index is 0.0207. The molecule has 1 fully saturated rings. The Hall–Kier alpha value is -1.55. The standard InChI is InChI=1S/C12H15NO3/c1-16-11-4-2-10(3-5-11)12(15)13-6-9(7-13)8-14/h2-5,9,14H,6-8H2,1H3.